The number of carbonyl (C=O) groups is 1. The van der Waals surface area contributed by atoms with E-state index < -0.39 is 29.5 Å². The fourth-order valence-electron chi connectivity index (χ4n) is 4.09. The van der Waals surface area contributed by atoms with E-state index in [-0.39, 0.29) is 53.5 Å². The van der Waals surface area contributed by atoms with Crippen molar-refractivity contribution in [2.24, 2.45) is 0 Å². The van der Waals surface area contributed by atoms with E-state index >= 15 is 0 Å². The third-order valence-electron chi connectivity index (χ3n) is 6.00. The molecule has 1 aliphatic rings. The predicted octanol–water partition coefficient (Wildman–Crippen LogP) is 6.05. The van der Waals surface area contributed by atoms with Gasteiger partial charge in [0.1, 0.15) is 11.6 Å². The third kappa shape index (κ3) is 5.47. The van der Waals surface area contributed by atoms with Gasteiger partial charge in [0.05, 0.1) is 23.1 Å². The van der Waals surface area contributed by atoms with Gasteiger partial charge in [-0.2, -0.15) is 4.39 Å². The molecular formula is C25H25F4N5O. The van der Waals surface area contributed by atoms with E-state index in [0.29, 0.717) is 11.5 Å². The smallest absolute Gasteiger partial charge is 0.258 e. The number of hydrogen-bond donors (Lipinski definition) is 1. The van der Waals surface area contributed by atoms with E-state index in [9.17, 15) is 22.4 Å². The maximum atomic E-state index is 14.6. The van der Waals surface area contributed by atoms with Crippen LogP contribution in [-0.4, -0.2) is 31.8 Å². The van der Waals surface area contributed by atoms with Gasteiger partial charge in [0.2, 0.25) is 11.9 Å². The average molecular weight is 488 g/mol. The Labute approximate surface area is 200 Å². The molecule has 0 unspecified atom stereocenters. The van der Waals surface area contributed by atoms with Crippen LogP contribution in [0.5, 0.6) is 0 Å². The SMILES string of the molecule is CC(C)(C)c1ncc(C(=O)Nc2c(-c3cc(F)cnc3F)ccnc2C2CCC(F)(F)CC2)cn1. The number of alkyl halides is 2. The lowest BCUT2D eigenvalue weighted by atomic mass is 9.83. The van der Waals surface area contributed by atoms with Gasteiger partial charge in [0.15, 0.2) is 0 Å². The number of carbonyl (C=O) groups excluding carboxylic acids is 1. The minimum atomic E-state index is -2.76. The molecule has 0 bridgehead atoms. The van der Waals surface area contributed by atoms with Gasteiger partial charge >= 0.3 is 0 Å². The molecule has 1 aliphatic carbocycles. The van der Waals surface area contributed by atoms with Gasteiger partial charge in [-0.1, -0.05) is 20.8 Å². The molecule has 184 valence electrons. The van der Waals surface area contributed by atoms with Crippen molar-refractivity contribution in [1.29, 1.82) is 0 Å². The summed E-state index contributed by atoms with van der Waals surface area (Å²) < 4.78 is 56.1. The van der Waals surface area contributed by atoms with E-state index in [1.807, 2.05) is 20.8 Å². The third-order valence-corrected chi connectivity index (χ3v) is 6.00. The standard InChI is InChI=1S/C25H25F4N5O/c1-24(2,3)23-32-11-15(12-33-23)22(35)34-20-17(18-10-16(26)13-31-21(18)27)6-9-30-19(20)14-4-7-25(28,29)8-5-14/h6,9-14H,4-5,7-8H2,1-3H3,(H,34,35). The number of hydrogen-bond acceptors (Lipinski definition) is 5. The van der Waals surface area contributed by atoms with Crippen LogP contribution < -0.4 is 5.32 Å². The van der Waals surface area contributed by atoms with Gasteiger partial charge in [0.25, 0.3) is 5.91 Å². The number of pyridine rings is 2. The van der Waals surface area contributed by atoms with Crippen molar-refractivity contribution in [3.05, 3.63) is 65.8 Å². The normalized spacial score (nSPS) is 16.2. The second-order valence-electron chi connectivity index (χ2n) is 9.74. The number of halogens is 4. The minimum absolute atomic E-state index is 0.124. The van der Waals surface area contributed by atoms with Crippen LogP contribution in [0.15, 0.2) is 36.9 Å². The van der Waals surface area contributed by atoms with E-state index in [1.165, 1.54) is 24.7 Å². The van der Waals surface area contributed by atoms with Crippen LogP contribution in [-0.2, 0) is 5.41 Å². The van der Waals surface area contributed by atoms with Gasteiger partial charge in [-0.25, -0.2) is 28.1 Å². The molecular weight excluding hydrogens is 462 g/mol. The first-order chi connectivity index (χ1) is 16.4. The summed E-state index contributed by atoms with van der Waals surface area (Å²) >= 11 is 0. The van der Waals surface area contributed by atoms with Crippen LogP contribution in [0.3, 0.4) is 0 Å². The summed E-state index contributed by atoms with van der Waals surface area (Å²) in [5.74, 6) is -4.90. The molecule has 3 heterocycles. The summed E-state index contributed by atoms with van der Waals surface area (Å²) in [6.07, 6.45) is 4.52. The molecule has 0 aromatic carbocycles. The molecule has 1 saturated carbocycles. The Morgan fingerprint density at radius 1 is 1.00 bits per heavy atom. The van der Waals surface area contributed by atoms with Gasteiger partial charge in [-0.3, -0.25) is 9.78 Å². The molecule has 3 aromatic heterocycles. The lowest BCUT2D eigenvalue weighted by Gasteiger charge is -2.29. The Morgan fingerprint density at radius 3 is 2.29 bits per heavy atom. The molecule has 3 aromatic rings. The van der Waals surface area contributed by atoms with Crippen molar-refractivity contribution in [1.82, 2.24) is 19.9 Å². The van der Waals surface area contributed by atoms with Crippen LogP contribution >= 0.6 is 0 Å². The van der Waals surface area contributed by atoms with Crippen molar-refractivity contribution < 1.29 is 22.4 Å². The van der Waals surface area contributed by atoms with Gasteiger partial charge in [-0.15, -0.1) is 0 Å². The summed E-state index contributed by atoms with van der Waals surface area (Å²) in [4.78, 5) is 29.4. The summed E-state index contributed by atoms with van der Waals surface area (Å²) in [7, 11) is 0. The largest absolute Gasteiger partial charge is 0.320 e. The summed E-state index contributed by atoms with van der Waals surface area (Å²) in [5.41, 5.74) is 0.263. The zero-order valence-electron chi connectivity index (χ0n) is 19.6. The van der Waals surface area contributed by atoms with Crippen molar-refractivity contribution >= 4 is 11.6 Å². The average Bonchev–Trinajstić information content (AvgIpc) is 2.80. The zero-order chi connectivity index (χ0) is 25.4. The summed E-state index contributed by atoms with van der Waals surface area (Å²) in [5, 5.41) is 2.73. The van der Waals surface area contributed by atoms with Gasteiger partial charge in [-0.05, 0) is 25.0 Å². The highest BCUT2D eigenvalue weighted by Crippen LogP contribution is 2.44. The number of rotatable bonds is 4. The van der Waals surface area contributed by atoms with Crippen LogP contribution in [0, 0.1) is 11.8 Å². The number of nitrogens with zero attached hydrogens (tertiary/aromatic N) is 4. The quantitative estimate of drug-likeness (QED) is 0.358. The van der Waals surface area contributed by atoms with E-state index in [0.717, 1.165) is 12.3 Å². The molecule has 0 spiro atoms. The van der Waals surface area contributed by atoms with Crippen LogP contribution in [0.4, 0.5) is 23.2 Å². The Hall–Kier alpha value is -3.43. The minimum Gasteiger partial charge on any atom is -0.320 e. The summed E-state index contributed by atoms with van der Waals surface area (Å²) in [6.45, 7) is 5.81. The Morgan fingerprint density at radius 2 is 1.66 bits per heavy atom. The van der Waals surface area contributed by atoms with E-state index in [1.54, 1.807) is 0 Å². The Kier molecular flexibility index (Phi) is 6.57. The lowest BCUT2D eigenvalue weighted by molar-refractivity contribution is -0.0384. The maximum absolute atomic E-state index is 14.6. The molecule has 1 amide bonds. The molecule has 0 aliphatic heterocycles. The molecule has 6 nitrogen and oxygen atoms in total. The topological polar surface area (TPSA) is 80.7 Å². The fraction of sp³-hybridized carbons (Fsp3) is 0.400. The first-order valence-electron chi connectivity index (χ1n) is 11.3. The van der Waals surface area contributed by atoms with Gasteiger partial charge in [0, 0.05) is 53.9 Å². The van der Waals surface area contributed by atoms with Crippen molar-refractivity contribution in [3.63, 3.8) is 0 Å². The molecule has 0 atom stereocenters. The van der Waals surface area contributed by atoms with Crippen molar-refractivity contribution in [3.8, 4) is 11.1 Å². The summed E-state index contributed by atoms with van der Waals surface area (Å²) in [6, 6.07) is 2.39. The van der Waals surface area contributed by atoms with Crippen LogP contribution in [0.2, 0.25) is 0 Å². The fourth-order valence-corrected chi connectivity index (χ4v) is 4.09. The van der Waals surface area contributed by atoms with Gasteiger partial charge < -0.3 is 5.32 Å². The molecule has 4 rings (SSSR count). The number of aromatic nitrogens is 4. The molecule has 1 fully saturated rings. The zero-order valence-corrected chi connectivity index (χ0v) is 19.6. The van der Waals surface area contributed by atoms with Crippen molar-refractivity contribution in [2.75, 3.05) is 5.32 Å². The highest BCUT2D eigenvalue weighted by molar-refractivity contribution is 6.06. The highest BCUT2D eigenvalue weighted by atomic mass is 19.3. The number of anilines is 1. The van der Waals surface area contributed by atoms with E-state index in [4.69, 9.17) is 0 Å². The second-order valence-corrected chi connectivity index (χ2v) is 9.74. The first kappa shape index (κ1) is 24.7. The predicted molar refractivity (Wildman–Crippen MR) is 122 cm³/mol. The first-order valence-corrected chi connectivity index (χ1v) is 11.3. The molecule has 10 heteroatoms. The van der Waals surface area contributed by atoms with Crippen molar-refractivity contribution in [2.45, 2.75) is 63.7 Å². The Bertz CT molecular complexity index is 1230. The second kappa shape index (κ2) is 9.31. The molecule has 0 saturated heterocycles. The Balaban J connectivity index is 1.75. The number of amides is 1. The lowest BCUT2D eigenvalue weighted by Crippen LogP contribution is -2.25. The van der Waals surface area contributed by atoms with Crippen LogP contribution in [0.1, 0.15) is 74.2 Å². The number of nitrogens with one attached hydrogen (secondary N) is 1. The van der Waals surface area contributed by atoms with Crippen LogP contribution in [0.25, 0.3) is 11.1 Å². The van der Waals surface area contributed by atoms with E-state index in [2.05, 4.69) is 25.3 Å². The highest BCUT2D eigenvalue weighted by Gasteiger charge is 2.37. The monoisotopic (exact) mass is 487 g/mol. The molecule has 0 radical (unpaired) electrons. The maximum Gasteiger partial charge on any atom is 0.258 e. The molecule has 1 N–H and O–H groups in total. The molecule has 35 heavy (non-hydrogen) atoms.